The molecule has 0 aromatic heterocycles. The van der Waals surface area contributed by atoms with Crippen LogP contribution in [0.2, 0.25) is 5.02 Å². The summed E-state index contributed by atoms with van der Waals surface area (Å²) < 4.78 is 0. The summed E-state index contributed by atoms with van der Waals surface area (Å²) in [5.41, 5.74) is 6.60. The van der Waals surface area contributed by atoms with Crippen LogP contribution >= 0.6 is 11.6 Å². The molecule has 0 radical (unpaired) electrons. The van der Waals surface area contributed by atoms with E-state index >= 15 is 0 Å². The third-order valence-electron chi connectivity index (χ3n) is 3.29. The molecule has 2 rings (SSSR count). The number of nitrogens with two attached hydrogens (primary N) is 1. The van der Waals surface area contributed by atoms with E-state index in [2.05, 4.69) is 4.90 Å². The third-order valence-corrected chi connectivity index (χ3v) is 3.53. The maximum Gasteiger partial charge on any atom is 0.245 e. The van der Waals surface area contributed by atoms with Crippen LogP contribution in [-0.2, 0) is 4.79 Å². The smallest absolute Gasteiger partial charge is 0.245 e. The summed E-state index contributed by atoms with van der Waals surface area (Å²) in [6, 6.07) is 7.44. The van der Waals surface area contributed by atoms with Crippen LogP contribution in [0.5, 0.6) is 0 Å². The lowest BCUT2D eigenvalue weighted by Crippen LogP contribution is -2.56. The van der Waals surface area contributed by atoms with Crippen LogP contribution in [0.25, 0.3) is 0 Å². The number of benzene rings is 1. The number of hydrogen-bond acceptors (Lipinski definition) is 3. The molecule has 0 bridgehead atoms. The van der Waals surface area contributed by atoms with Crippen LogP contribution in [0.15, 0.2) is 24.3 Å². The van der Waals surface area contributed by atoms with Crippen molar-refractivity contribution < 1.29 is 4.79 Å². The molecular weight excluding hydrogens is 250 g/mol. The summed E-state index contributed by atoms with van der Waals surface area (Å²) >= 11 is 6.01. The molecule has 98 valence electrons. The average Bonchev–Trinajstić information content (AvgIpc) is 2.35. The summed E-state index contributed by atoms with van der Waals surface area (Å²) in [5.74, 6) is 0.131. The van der Waals surface area contributed by atoms with E-state index in [0.29, 0.717) is 18.0 Å². The Morgan fingerprint density at radius 3 is 2.89 bits per heavy atom. The number of amides is 1. The molecular formula is C13H18ClN3O. The zero-order chi connectivity index (χ0) is 13.1. The minimum Gasteiger partial charge on any atom is -0.358 e. The molecule has 0 aliphatic carbocycles. The van der Waals surface area contributed by atoms with Crippen molar-refractivity contribution in [3.05, 3.63) is 29.3 Å². The number of halogens is 1. The fourth-order valence-electron chi connectivity index (χ4n) is 2.31. The Bertz CT molecular complexity index is 438. The zero-order valence-electron chi connectivity index (χ0n) is 10.5. The van der Waals surface area contributed by atoms with Gasteiger partial charge in [-0.05, 0) is 31.2 Å². The van der Waals surface area contributed by atoms with Gasteiger partial charge >= 0.3 is 0 Å². The van der Waals surface area contributed by atoms with E-state index < -0.39 is 0 Å². The number of carbonyl (C=O) groups is 1. The minimum atomic E-state index is -0.174. The van der Waals surface area contributed by atoms with Gasteiger partial charge in [-0.25, -0.2) is 0 Å². The van der Waals surface area contributed by atoms with Gasteiger partial charge in [0, 0.05) is 30.8 Å². The van der Waals surface area contributed by atoms with Gasteiger partial charge < -0.3 is 15.5 Å². The van der Waals surface area contributed by atoms with Gasteiger partial charge in [-0.3, -0.25) is 4.79 Å². The molecule has 2 N–H and O–H groups in total. The van der Waals surface area contributed by atoms with Crippen LogP contribution in [-0.4, -0.2) is 43.5 Å². The van der Waals surface area contributed by atoms with Crippen molar-refractivity contribution in [2.75, 3.05) is 31.6 Å². The Kier molecular flexibility index (Phi) is 4.09. The van der Waals surface area contributed by atoms with Crippen molar-refractivity contribution in [1.29, 1.82) is 0 Å². The number of piperazine rings is 1. The van der Waals surface area contributed by atoms with Gasteiger partial charge in [-0.15, -0.1) is 0 Å². The maximum atomic E-state index is 12.2. The SMILES string of the molecule is CN1CCN(c2cccc(Cl)c2)C(CCN)C1=O. The fourth-order valence-corrected chi connectivity index (χ4v) is 2.50. The molecule has 1 unspecified atom stereocenters. The Morgan fingerprint density at radius 2 is 2.22 bits per heavy atom. The number of likely N-dealkylation sites (N-methyl/N-ethyl adjacent to an activating group) is 1. The zero-order valence-corrected chi connectivity index (χ0v) is 11.2. The summed E-state index contributed by atoms with van der Waals surface area (Å²) in [7, 11) is 1.83. The quantitative estimate of drug-likeness (QED) is 0.899. The molecule has 1 saturated heterocycles. The topological polar surface area (TPSA) is 49.6 Å². The Balaban J connectivity index is 2.27. The van der Waals surface area contributed by atoms with Crippen molar-refractivity contribution in [3.63, 3.8) is 0 Å². The second-order valence-electron chi connectivity index (χ2n) is 4.53. The van der Waals surface area contributed by atoms with Crippen LogP contribution in [0, 0.1) is 0 Å². The van der Waals surface area contributed by atoms with Crippen LogP contribution in [0.4, 0.5) is 5.69 Å². The summed E-state index contributed by atoms with van der Waals surface area (Å²) in [5, 5.41) is 0.686. The minimum absolute atomic E-state index is 0.131. The first-order valence-electron chi connectivity index (χ1n) is 6.10. The van der Waals surface area contributed by atoms with E-state index in [1.54, 1.807) is 4.90 Å². The standard InChI is InChI=1S/C13H18ClN3O/c1-16-7-8-17(12(5-6-15)13(16)18)11-4-2-3-10(14)9-11/h2-4,9,12H,5-8,15H2,1H3. The predicted molar refractivity (Wildman–Crippen MR) is 73.9 cm³/mol. The van der Waals surface area contributed by atoms with Crippen LogP contribution in [0.3, 0.4) is 0 Å². The van der Waals surface area contributed by atoms with Crippen LogP contribution < -0.4 is 10.6 Å². The van der Waals surface area contributed by atoms with Crippen LogP contribution in [0.1, 0.15) is 6.42 Å². The van der Waals surface area contributed by atoms with Gasteiger partial charge in [0.05, 0.1) is 0 Å². The summed E-state index contributed by atoms with van der Waals surface area (Å²) in [6.07, 6.45) is 0.662. The lowest BCUT2D eigenvalue weighted by molar-refractivity contribution is -0.133. The molecule has 1 heterocycles. The van der Waals surface area contributed by atoms with E-state index in [9.17, 15) is 4.79 Å². The second-order valence-corrected chi connectivity index (χ2v) is 4.96. The molecule has 1 aromatic rings. The average molecular weight is 268 g/mol. The van der Waals surface area contributed by atoms with Gasteiger partial charge in [-0.2, -0.15) is 0 Å². The van der Waals surface area contributed by atoms with E-state index in [1.165, 1.54) is 0 Å². The van der Waals surface area contributed by atoms with Gasteiger partial charge in [-0.1, -0.05) is 17.7 Å². The van der Waals surface area contributed by atoms with Crippen molar-refractivity contribution in [3.8, 4) is 0 Å². The van der Waals surface area contributed by atoms with Crippen molar-refractivity contribution in [2.24, 2.45) is 5.73 Å². The monoisotopic (exact) mass is 267 g/mol. The lowest BCUT2D eigenvalue weighted by atomic mass is 10.1. The van der Waals surface area contributed by atoms with Crippen molar-refractivity contribution >= 4 is 23.2 Å². The summed E-state index contributed by atoms with van der Waals surface area (Å²) in [4.78, 5) is 16.0. The highest BCUT2D eigenvalue weighted by molar-refractivity contribution is 6.30. The van der Waals surface area contributed by atoms with E-state index in [-0.39, 0.29) is 11.9 Å². The molecule has 1 amide bonds. The maximum absolute atomic E-state index is 12.2. The molecule has 18 heavy (non-hydrogen) atoms. The number of carbonyl (C=O) groups excluding carboxylic acids is 1. The number of hydrogen-bond donors (Lipinski definition) is 1. The molecule has 1 aliphatic heterocycles. The van der Waals surface area contributed by atoms with Gasteiger partial charge in [0.15, 0.2) is 0 Å². The van der Waals surface area contributed by atoms with Gasteiger partial charge in [0.25, 0.3) is 0 Å². The molecule has 1 fully saturated rings. The van der Waals surface area contributed by atoms with Gasteiger partial charge in [0.1, 0.15) is 6.04 Å². The first-order valence-corrected chi connectivity index (χ1v) is 6.48. The molecule has 1 aromatic carbocycles. The van der Waals surface area contributed by atoms with Crippen molar-refractivity contribution in [2.45, 2.75) is 12.5 Å². The molecule has 1 aliphatic rings. The number of anilines is 1. The first kappa shape index (κ1) is 13.2. The number of nitrogens with zero attached hydrogens (tertiary/aromatic N) is 2. The molecule has 5 heteroatoms. The van der Waals surface area contributed by atoms with E-state index in [1.807, 2.05) is 31.3 Å². The molecule has 0 spiro atoms. The van der Waals surface area contributed by atoms with E-state index in [4.69, 9.17) is 17.3 Å². The Hall–Kier alpha value is -1.26. The Labute approximate surface area is 112 Å². The second kappa shape index (κ2) is 5.59. The molecule has 4 nitrogen and oxygen atoms in total. The highest BCUT2D eigenvalue weighted by Gasteiger charge is 2.32. The molecule has 1 atom stereocenters. The highest BCUT2D eigenvalue weighted by atomic mass is 35.5. The summed E-state index contributed by atoms with van der Waals surface area (Å²) in [6.45, 7) is 2.04. The largest absolute Gasteiger partial charge is 0.358 e. The predicted octanol–water partition coefficient (Wildman–Crippen LogP) is 1.34. The van der Waals surface area contributed by atoms with Gasteiger partial charge in [0.2, 0.25) is 5.91 Å². The molecule has 0 saturated carbocycles. The third kappa shape index (κ3) is 2.60. The normalized spacial score (nSPS) is 20.4. The fraction of sp³-hybridized carbons (Fsp3) is 0.462. The lowest BCUT2D eigenvalue weighted by Gasteiger charge is -2.40. The number of rotatable bonds is 3. The highest BCUT2D eigenvalue weighted by Crippen LogP contribution is 2.25. The Morgan fingerprint density at radius 1 is 1.44 bits per heavy atom. The van der Waals surface area contributed by atoms with Crippen molar-refractivity contribution in [1.82, 2.24) is 4.90 Å². The van der Waals surface area contributed by atoms with E-state index in [0.717, 1.165) is 18.8 Å². The first-order chi connectivity index (χ1) is 8.63.